The second-order valence-electron chi connectivity index (χ2n) is 11.8. The fraction of sp³-hybridized carbons (Fsp3) is 0.792. The second kappa shape index (κ2) is 8.72. The van der Waals surface area contributed by atoms with Gasteiger partial charge in [0.1, 0.15) is 0 Å². The first-order valence-corrected chi connectivity index (χ1v) is 16.1. The second-order valence-corrected chi connectivity index (χ2v) is 17.3. The number of anilines is 1. The Labute approximate surface area is 198 Å². The van der Waals surface area contributed by atoms with Gasteiger partial charge in [-0.05, 0) is 45.4 Å². The van der Waals surface area contributed by atoms with Crippen LogP contribution in [0.1, 0.15) is 76.5 Å². The van der Waals surface area contributed by atoms with E-state index >= 15 is 0 Å². The molecule has 9 heteroatoms. The van der Waals surface area contributed by atoms with Crippen LogP contribution in [-0.4, -0.2) is 52.9 Å². The Balaban J connectivity index is 1.48. The van der Waals surface area contributed by atoms with Crippen LogP contribution in [-0.2, 0) is 16.9 Å². The highest BCUT2D eigenvalue weighted by molar-refractivity contribution is 6.83. The topological polar surface area (TPSA) is 110 Å². The molecule has 1 atom stereocenters. The van der Waals surface area contributed by atoms with Gasteiger partial charge in [-0.2, -0.15) is 5.10 Å². The molecule has 1 aromatic heterocycles. The van der Waals surface area contributed by atoms with Crippen LogP contribution >= 0.6 is 0 Å². The molecule has 2 saturated carbocycles. The van der Waals surface area contributed by atoms with Crippen molar-refractivity contribution in [3.05, 3.63) is 11.3 Å². The van der Waals surface area contributed by atoms with Crippen molar-refractivity contribution in [1.82, 2.24) is 20.4 Å². The maximum Gasteiger partial charge on any atom is 0.318 e. The summed E-state index contributed by atoms with van der Waals surface area (Å²) in [6, 6.07) is -0.399. The Kier molecular flexibility index (Phi) is 6.41. The maximum absolute atomic E-state index is 13.3. The molecule has 4 rings (SSSR count). The highest BCUT2D eigenvalue weighted by Gasteiger charge is 2.54. The number of aliphatic hydroxyl groups is 1. The number of aromatic amines is 1. The van der Waals surface area contributed by atoms with Crippen LogP contribution in [0.5, 0.6) is 0 Å². The molecule has 0 unspecified atom stereocenters. The number of carbonyl (C=O) groups excluding carboxylic acids is 2. The van der Waals surface area contributed by atoms with E-state index in [1.165, 1.54) is 6.42 Å². The molecular weight excluding hydrogens is 434 g/mol. The van der Waals surface area contributed by atoms with Crippen LogP contribution in [0, 0.1) is 5.92 Å². The number of amides is 3. The molecule has 1 aliphatic heterocycles. The van der Waals surface area contributed by atoms with E-state index in [4.69, 9.17) is 0 Å². The van der Waals surface area contributed by atoms with Crippen LogP contribution in [0.2, 0.25) is 24.7 Å². The normalized spacial score (nSPS) is 22.9. The Morgan fingerprint density at radius 3 is 2.39 bits per heavy atom. The zero-order valence-electron chi connectivity index (χ0n) is 20.9. The number of carbonyl (C=O) groups is 2. The summed E-state index contributed by atoms with van der Waals surface area (Å²) in [5.41, 5.74) is 1.16. The number of urea groups is 1. The monoisotopic (exact) mass is 475 g/mol. The lowest BCUT2D eigenvalue weighted by Gasteiger charge is -2.48. The lowest BCUT2D eigenvalue weighted by molar-refractivity contribution is -0.121. The summed E-state index contributed by atoms with van der Waals surface area (Å²) in [5, 5.41) is 23.5. The maximum atomic E-state index is 13.3. The molecule has 0 radical (unpaired) electrons. The third kappa shape index (κ3) is 4.11. The zero-order chi connectivity index (χ0) is 24.0. The van der Waals surface area contributed by atoms with Gasteiger partial charge >= 0.3 is 6.03 Å². The van der Waals surface area contributed by atoms with Gasteiger partial charge in [0.05, 0.1) is 38.5 Å². The Hall–Kier alpha value is -1.87. The molecule has 2 aliphatic carbocycles. The summed E-state index contributed by atoms with van der Waals surface area (Å²) in [4.78, 5) is 28.4. The first kappa shape index (κ1) is 24.3. The number of nitrogens with one attached hydrogen (secondary N) is 3. The molecule has 0 aromatic carbocycles. The van der Waals surface area contributed by atoms with Gasteiger partial charge in [-0.1, -0.05) is 45.3 Å². The van der Waals surface area contributed by atoms with Crippen molar-refractivity contribution in [3.63, 3.8) is 0 Å². The molecule has 2 fully saturated rings. The SMILES string of the molecule is CC1(C)c2[nH]nc(NC(=O)C3([Si](C)(C)C)CCC3)c2CN1C(=O)N[C@H](CO)C1CCCCC1. The fourth-order valence-electron chi connectivity index (χ4n) is 6.11. The number of aliphatic hydroxyl groups excluding tert-OH is 1. The minimum Gasteiger partial charge on any atom is -0.394 e. The average molecular weight is 476 g/mol. The fourth-order valence-corrected chi connectivity index (χ4v) is 8.70. The molecule has 4 N–H and O–H groups in total. The lowest BCUT2D eigenvalue weighted by Crippen LogP contribution is -2.52. The number of fused-ring (bicyclic) bond motifs is 1. The van der Waals surface area contributed by atoms with E-state index in [0.29, 0.717) is 18.3 Å². The third-order valence-electron chi connectivity index (χ3n) is 8.75. The van der Waals surface area contributed by atoms with E-state index in [0.717, 1.165) is 56.2 Å². The van der Waals surface area contributed by atoms with Gasteiger partial charge in [-0.15, -0.1) is 0 Å². The van der Waals surface area contributed by atoms with E-state index in [2.05, 4.69) is 40.5 Å². The van der Waals surface area contributed by atoms with Gasteiger partial charge in [0, 0.05) is 10.6 Å². The van der Waals surface area contributed by atoms with E-state index in [9.17, 15) is 14.7 Å². The minimum absolute atomic E-state index is 0.0440. The summed E-state index contributed by atoms with van der Waals surface area (Å²) in [7, 11) is -1.69. The van der Waals surface area contributed by atoms with Crippen molar-refractivity contribution in [3.8, 4) is 0 Å². The van der Waals surface area contributed by atoms with Gasteiger partial charge < -0.3 is 20.6 Å². The van der Waals surface area contributed by atoms with Crippen LogP contribution in [0.15, 0.2) is 0 Å². The van der Waals surface area contributed by atoms with Crippen molar-refractivity contribution in [1.29, 1.82) is 0 Å². The molecule has 0 saturated heterocycles. The predicted octanol–water partition coefficient (Wildman–Crippen LogP) is 4.31. The third-order valence-corrected chi connectivity index (χ3v) is 12.3. The van der Waals surface area contributed by atoms with Crippen LogP contribution in [0.3, 0.4) is 0 Å². The van der Waals surface area contributed by atoms with Gasteiger partial charge in [0.2, 0.25) is 5.91 Å². The van der Waals surface area contributed by atoms with Crippen molar-refractivity contribution >= 4 is 25.8 Å². The van der Waals surface area contributed by atoms with E-state index in [1.807, 2.05) is 13.8 Å². The van der Waals surface area contributed by atoms with Crippen molar-refractivity contribution in [2.24, 2.45) is 5.92 Å². The summed E-state index contributed by atoms with van der Waals surface area (Å²) in [6.45, 7) is 11.1. The molecule has 0 bridgehead atoms. The molecule has 0 spiro atoms. The molecule has 33 heavy (non-hydrogen) atoms. The molecule has 2 heterocycles. The van der Waals surface area contributed by atoms with Crippen molar-refractivity contribution < 1.29 is 14.7 Å². The summed E-state index contributed by atoms with van der Waals surface area (Å²) in [6.07, 6.45) is 8.64. The van der Waals surface area contributed by atoms with E-state index in [1.54, 1.807) is 4.90 Å². The molecular formula is C24H41N5O3Si. The van der Waals surface area contributed by atoms with Gasteiger partial charge in [-0.25, -0.2) is 4.79 Å². The van der Waals surface area contributed by atoms with Crippen LogP contribution in [0.25, 0.3) is 0 Å². The van der Waals surface area contributed by atoms with Gasteiger partial charge in [0.25, 0.3) is 0 Å². The molecule has 184 valence electrons. The Morgan fingerprint density at radius 1 is 1.18 bits per heavy atom. The van der Waals surface area contributed by atoms with Crippen LogP contribution < -0.4 is 10.6 Å². The Morgan fingerprint density at radius 2 is 1.85 bits per heavy atom. The van der Waals surface area contributed by atoms with E-state index < -0.39 is 13.6 Å². The quantitative estimate of drug-likeness (QED) is 0.459. The first-order chi connectivity index (χ1) is 15.5. The van der Waals surface area contributed by atoms with Gasteiger partial charge in [-0.3, -0.25) is 9.89 Å². The minimum atomic E-state index is -1.69. The largest absolute Gasteiger partial charge is 0.394 e. The number of rotatable bonds is 6. The molecule has 3 aliphatic rings. The lowest BCUT2D eigenvalue weighted by atomic mass is 9.83. The van der Waals surface area contributed by atoms with Crippen molar-refractivity contribution in [2.45, 2.75) is 108 Å². The number of nitrogens with zero attached hydrogens (tertiary/aromatic N) is 2. The molecule has 1 aromatic rings. The smallest absolute Gasteiger partial charge is 0.318 e. The molecule has 8 nitrogen and oxygen atoms in total. The summed E-state index contributed by atoms with van der Waals surface area (Å²) in [5.74, 6) is 0.961. The number of H-pyrrole nitrogens is 1. The summed E-state index contributed by atoms with van der Waals surface area (Å²) >= 11 is 0. The summed E-state index contributed by atoms with van der Waals surface area (Å²) < 4.78 is 0. The number of hydrogen-bond acceptors (Lipinski definition) is 4. The Bertz CT molecular complexity index is 896. The molecule has 3 amide bonds. The van der Waals surface area contributed by atoms with Gasteiger partial charge in [0.15, 0.2) is 5.82 Å². The predicted molar refractivity (Wildman–Crippen MR) is 132 cm³/mol. The van der Waals surface area contributed by atoms with E-state index in [-0.39, 0.29) is 29.6 Å². The highest BCUT2D eigenvalue weighted by atomic mass is 28.3. The average Bonchev–Trinajstić information content (AvgIpc) is 3.23. The number of hydrogen-bond donors (Lipinski definition) is 4. The number of aromatic nitrogens is 2. The zero-order valence-corrected chi connectivity index (χ0v) is 21.9. The van der Waals surface area contributed by atoms with Crippen LogP contribution in [0.4, 0.5) is 10.6 Å². The van der Waals surface area contributed by atoms with Crippen molar-refractivity contribution in [2.75, 3.05) is 11.9 Å². The highest BCUT2D eigenvalue weighted by Crippen LogP contribution is 2.56. The first-order valence-electron chi connectivity index (χ1n) is 12.6. The standard InChI is InChI=1S/C24H41N5O3Si/c1-23(2)19-17(14-29(23)22(32)25-18(15-30)16-10-7-6-8-11-16)20(28-27-19)26-21(31)24(12-9-13-24)33(3,4)5/h16,18,30H,6-15H2,1-5H3,(H,25,32)(H2,26,27,28,31)/t18-/m1/s1.